The van der Waals surface area contributed by atoms with E-state index in [1.54, 1.807) is 0 Å². The molecule has 0 spiro atoms. The van der Waals surface area contributed by atoms with Crippen molar-refractivity contribution in [2.75, 3.05) is 6.54 Å². The zero-order valence-corrected chi connectivity index (χ0v) is 12.0. The number of aryl methyl sites for hydroxylation is 1. The van der Waals surface area contributed by atoms with Crippen LogP contribution in [-0.4, -0.2) is 31.5 Å². The molecule has 0 unspecified atom stereocenters. The number of nitrogens with zero attached hydrogens (tertiary/aromatic N) is 4. The van der Waals surface area contributed by atoms with E-state index in [1.807, 2.05) is 54.3 Å². The van der Waals surface area contributed by atoms with Crippen molar-refractivity contribution in [3.63, 3.8) is 0 Å². The minimum absolute atomic E-state index is 0.686. The van der Waals surface area contributed by atoms with Gasteiger partial charge in [0.05, 0.1) is 0 Å². The van der Waals surface area contributed by atoms with Crippen molar-refractivity contribution in [3.8, 4) is 11.3 Å². The smallest absolute Gasteiger partial charge is 0.117 e. The summed E-state index contributed by atoms with van der Waals surface area (Å²) in [5, 5.41) is 14.6. The highest BCUT2D eigenvalue weighted by atomic mass is 15.3. The van der Waals surface area contributed by atoms with Gasteiger partial charge in [-0.25, -0.2) is 4.98 Å². The third-order valence-corrected chi connectivity index (χ3v) is 3.41. The minimum atomic E-state index is 0.686. The lowest BCUT2D eigenvalue weighted by Gasteiger charge is -2.04. The number of aromatic amines is 1. The first-order valence-electron chi connectivity index (χ1n) is 6.96. The van der Waals surface area contributed by atoms with Crippen molar-refractivity contribution in [2.24, 2.45) is 7.05 Å². The molecule has 6 nitrogen and oxygen atoms in total. The molecule has 0 aliphatic heterocycles. The lowest BCUT2D eigenvalue weighted by atomic mass is 10.1. The van der Waals surface area contributed by atoms with Crippen LogP contribution < -0.4 is 5.32 Å². The molecule has 2 N–H and O–H groups in total. The van der Waals surface area contributed by atoms with Crippen LogP contribution in [0.2, 0.25) is 0 Å². The number of hydrogen-bond acceptors (Lipinski definition) is 4. The number of aromatic nitrogens is 5. The molecule has 1 aromatic carbocycles. The number of H-pyrrole nitrogens is 1. The fourth-order valence-electron chi connectivity index (χ4n) is 2.25. The zero-order valence-electron chi connectivity index (χ0n) is 12.0. The topological polar surface area (TPSA) is 71.4 Å². The number of benzene rings is 1. The van der Waals surface area contributed by atoms with Gasteiger partial charge in [0.2, 0.25) is 0 Å². The Labute approximate surface area is 123 Å². The molecule has 3 aromatic rings. The fraction of sp³-hybridized carbons (Fsp3) is 0.267. The lowest BCUT2D eigenvalue weighted by Crippen LogP contribution is -2.18. The van der Waals surface area contributed by atoms with Gasteiger partial charge in [0.25, 0.3) is 0 Å². The minimum Gasteiger partial charge on any atom is -0.338 e. The second-order valence-electron chi connectivity index (χ2n) is 4.87. The van der Waals surface area contributed by atoms with Gasteiger partial charge in [-0.3, -0.25) is 0 Å². The van der Waals surface area contributed by atoms with Gasteiger partial charge in [-0.2, -0.15) is 15.4 Å². The molecule has 0 fully saturated rings. The molecule has 0 aliphatic rings. The van der Waals surface area contributed by atoms with Crippen LogP contribution in [0.1, 0.15) is 11.5 Å². The van der Waals surface area contributed by atoms with Crippen LogP contribution in [-0.2, 0) is 20.0 Å². The SMILES string of the molecule is Cn1ccnc1CCNCc1n[nH]nc1-c1ccccc1. The Hall–Kier alpha value is -2.47. The first kappa shape index (κ1) is 13.5. The molecule has 2 heterocycles. The largest absolute Gasteiger partial charge is 0.338 e. The first-order chi connectivity index (χ1) is 10.3. The van der Waals surface area contributed by atoms with E-state index in [-0.39, 0.29) is 0 Å². The normalized spacial score (nSPS) is 10.9. The predicted molar refractivity (Wildman–Crippen MR) is 80.4 cm³/mol. The Balaban J connectivity index is 1.57. The van der Waals surface area contributed by atoms with Crippen LogP contribution in [0.15, 0.2) is 42.7 Å². The van der Waals surface area contributed by atoms with E-state index in [1.165, 1.54) is 0 Å². The highest BCUT2D eigenvalue weighted by Gasteiger charge is 2.09. The van der Waals surface area contributed by atoms with Gasteiger partial charge >= 0.3 is 0 Å². The highest BCUT2D eigenvalue weighted by molar-refractivity contribution is 5.60. The van der Waals surface area contributed by atoms with E-state index < -0.39 is 0 Å². The number of rotatable bonds is 6. The van der Waals surface area contributed by atoms with Crippen molar-refractivity contribution < 1.29 is 0 Å². The maximum atomic E-state index is 4.30. The van der Waals surface area contributed by atoms with Gasteiger partial charge in [0.1, 0.15) is 17.2 Å². The lowest BCUT2D eigenvalue weighted by molar-refractivity contribution is 0.645. The van der Waals surface area contributed by atoms with Crippen LogP contribution >= 0.6 is 0 Å². The van der Waals surface area contributed by atoms with Crippen molar-refractivity contribution in [1.82, 2.24) is 30.3 Å². The van der Waals surface area contributed by atoms with Crippen LogP contribution in [0.3, 0.4) is 0 Å². The molecule has 6 heteroatoms. The molecular weight excluding hydrogens is 264 g/mol. The maximum Gasteiger partial charge on any atom is 0.117 e. The van der Waals surface area contributed by atoms with Crippen molar-refractivity contribution in [2.45, 2.75) is 13.0 Å². The number of imidazole rings is 1. The second-order valence-corrected chi connectivity index (χ2v) is 4.87. The Kier molecular flexibility index (Phi) is 4.07. The van der Waals surface area contributed by atoms with E-state index in [0.29, 0.717) is 6.54 Å². The Morgan fingerprint density at radius 2 is 2.05 bits per heavy atom. The molecule has 0 atom stereocenters. The third-order valence-electron chi connectivity index (χ3n) is 3.41. The monoisotopic (exact) mass is 282 g/mol. The van der Waals surface area contributed by atoms with E-state index in [2.05, 4.69) is 25.7 Å². The summed E-state index contributed by atoms with van der Waals surface area (Å²) in [5.41, 5.74) is 2.91. The van der Waals surface area contributed by atoms with Crippen molar-refractivity contribution >= 4 is 0 Å². The maximum absolute atomic E-state index is 4.30. The van der Waals surface area contributed by atoms with Gasteiger partial charge in [-0.15, -0.1) is 0 Å². The molecule has 0 aliphatic carbocycles. The fourth-order valence-corrected chi connectivity index (χ4v) is 2.25. The van der Waals surface area contributed by atoms with Gasteiger partial charge < -0.3 is 9.88 Å². The molecule has 2 aromatic heterocycles. The summed E-state index contributed by atoms with van der Waals surface area (Å²) in [6.07, 6.45) is 4.67. The second kappa shape index (κ2) is 6.32. The summed E-state index contributed by atoms with van der Waals surface area (Å²) >= 11 is 0. The van der Waals surface area contributed by atoms with Gasteiger partial charge in [-0.1, -0.05) is 30.3 Å². The van der Waals surface area contributed by atoms with Crippen LogP contribution in [0.25, 0.3) is 11.3 Å². The van der Waals surface area contributed by atoms with Crippen LogP contribution in [0, 0.1) is 0 Å². The van der Waals surface area contributed by atoms with Gasteiger partial charge in [0.15, 0.2) is 0 Å². The summed E-state index contributed by atoms with van der Waals surface area (Å²) in [7, 11) is 2.01. The highest BCUT2D eigenvalue weighted by Crippen LogP contribution is 2.18. The van der Waals surface area contributed by atoms with E-state index >= 15 is 0 Å². The summed E-state index contributed by atoms with van der Waals surface area (Å²) in [6.45, 7) is 1.54. The first-order valence-corrected chi connectivity index (χ1v) is 6.96. The molecule has 108 valence electrons. The van der Waals surface area contributed by atoms with Crippen LogP contribution in [0.5, 0.6) is 0 Å². The molecule has 0 amide bonds. The Bertz CT molecular complexity index is 685. The van der Waals surface area contributed by atoms with E-state index in [4.69, 9.17) is 0 Å². The molecule has 21 heavy (non-hydrogen) atoms. The van der Waals surface area contributed by atoms with E-state index in [0.717, 1.165) is 35.7 Å². The quantitative estimate of drug-likeness (QED) is 0.673. The van der Waals surface area contributed by atoms with Crippen LogP contribution in [0.4, 0.5) is 0 Å². The van der Waals surface area contributed by atoms with Crippen molar-refractivity contribution in [3.05, 3.63) is 54.2 Å². The van der Waals surface area contributed by atoms with E-state index in [9.17, 15) is 0 Å². The average Bonchev–Trinajstić information content (AvgIpc) is 3.14. The Morgan fingerprint density at radius 1 is 1.19 bits per heavy atom. The third kappa shape index (κ3) is 3.17. The summed E-state index contributed by atoms with van der Waals surface area (Å²) in [6, 6.07) is 10.1. The number of nitrogens with one attached hydrogen (secondary N) is 2. The molecular formula is C15H18N6. The Morgan fingerprint density at radius 3 is 2.81 bits per heavy atom. The summed E-state index contributed by atoms with van der Waals surface area (Å²) in [4.78, 5) is 4.30. The van der Waals surface area contributed by atoms with Gasteiger partial charge in [0, 0.05) is 44.5 Å². The average molecular weight is 282 g/mol. The molecule has 0 saturated heterocycles. The molecule has 0 saturated carbocycles. The zero-order chi connectivity index (χ0) is 14.5. The van der Waals surface area contributed by atoms with Gasteiger partial charge in [-0.05, 0) is 0 Å². The molecule has 3 rings (SSSR count). The standard InChI is InChI=1S/C15H18N6/c1-21-10-9-17-14(21)7-8-16-11-13-15(19-20-18-13)12-5-3-2-4-6-12/h2-6,9-10,16H,7-8,11H2,1H3,(H,18,19,20). The predicted octanol–water partition coefficient (Wildman–Crippen LogP) is 1.54. The summed E-state index contributed by atoms with van der Waals surface area (Å²) in [5.74, 6) is 1.07. The summed E-state index contributed by atoms with van der Waals surface area (Å²) < 4.78 is 2.03. The molecule has 0 bridgehead atoms. The van der Waals surface area contributed by atoms with Crippen molar-refractivity contribution in [1.29, 1.82) is 0 Å². The number of hydrogen-bond donors (Lipinski definition) is 2. The molecule has 0 radical (unpaired) electrons.